The Balaban J connectivity index is 1.57. The van der Waals surface area contributed by atoms with Gasteiger partial charge >= 0.3 is 0 Å². The number of nitrogens with zero attached hydrogens (tertiary/aromatic N) is 2. The molecule has 4 nitrogen and oxygen atoms in total. The Morgan fingerprint density at radius 3 is 2.70 bits per heavy atom. The second-order valence-corrected chi connectivity index (χ2v) is 5.71. The number of piperidine rings is 1. The number of amides is 1. The number of rotatable bonds is 4. The van der Waals surface area contributed by atoms with Crippen LogP contribution in [0.5, 0.6) is 5.75 Å². The molecule has 1 unspecified atom stereocenters. The predicted molar refractivity (Wildman–Crippen MR) is 84.6 cm³/mol. The molecule has 1 saturated heterocycles. The molecule has 0 aliphatic carbocycles. The highest BCUT2D eigenvalue weighted by Gasteiger charge is 2.24. The lowest BCUT2D eigenvalue weighted by atomic mass is 10.1. The Kier molecular flexibility index (Phi) is 4.86. The van der Waals surface area contributed by atoms with Crippen LogP contribution in [-0.4, -0.2) is 35.0 Å². The van der Waals surface area contributed by atoms with Gasteiger partial charge in [0, 0.05) is 18.9 Å². The number of likely N-dealkylation sites (tertiary alicyclic amines) is 1. The van der Waals surface area contributed by atoms with Crippen LogP contribution in [0, 0.1) is 5.82 Å². The minimum absolute atomic E-state index is 0.00307. The summed E-state index contributed by atoms with van der Waals surface area (Å²) in [7, 11) is 0. The van der Waals surface area contributed by atoms with Gasteiger partial charge in [-0.3, -0.25) is 9.78 Å². The summed E-state index contributed by atoms with van der Waals surface area (Å²) in [5.74, 6) is 0.544. The van der Waals surface area contributed by atoms with Gasteiger partial charge in [-0.25, -0.2) is 4.39 Å². The zero-order valence-electron chi connectivity index (χ0n) is 12.8. The molecule has 23 heavy (non-hydrogen) atoms. The van der Waals surface area contributed by atoms with E-state index < -0.39 is 0 Å². The molecule has 2 heterocycles. The molecule has 1 atom stereocenters. The van der Waals surface area contributed by atoms with Crippen LogP contribution in [-0.2, 0) is 11.2 Å². The fourth-order valence-electron chi connectivity index (χ4n) is 2.76. The SMILES string of the molecule is O=C(Cc1ccc(F)cc1)N1CCCC(Oc2ccncc2)C1. The van der Waals surface area contributed by atoms with Crippen molar-refractivity contribution in [3.8, 4) is 5.75 Å². The van der Waals surface area contributed by atoms with Crippen molar-refractivity contribution in [2.75, 3.05) is 13.1 Å². The monoisotopic (exact) mass is 314 g/mol. The summed E-state index contributed by atoms with van der Waals surface area (Å²) in [6.07, 6.45) is 5.53. The minimum Gasteiger partial charge on any atom is -0.488 e. The number of carbonyl (C=O) groups excluding carboxylic acids is 1. The average molecular weight is 314 g/mol. The Morgan fingerprint density at radius 1 is 1.22 bits per heavy atom. The van der Waals surface area contributed by atoms with E-state index in [0.717, 1.165) is 30.7 Å². The van der Waals surface area contributed by atoms with E-state index in [2.05, 4.69) is 4.98 Å². The van der Waals surface area contributed by atoms with Crippen LogP contribution in [0.1, 0.15) is 18.4 Å². The number of pyridine rings is 1. The summed E-state index contributed by atoms with van der Waals surface area (Å²) < 4.78 is 18.8. The second-order valence-electron chi connectivity index (χ2n) is 5.71. The van der Waals surface area contributed by atoms with Crippen molar-refractivity contribution in [2.45, 2.75) is 25.4 Å². The maximum atomic E-state index is 12.9. The highest BCUT2D eigenvalue weighted by Crippen LogP contribution is 2.18. The first-order chi connectivity index (χ1) is 11.2. The van der Waals surface area contributed by atoms with E-state index in [0.29, 0.717) is 13.0 Å². The standard InChI is InChI=1S/C18H19FN2O2/c19-15-5-3-14(4-6-15)12-18(22)21-11-1-2-17(13-21)23-16-7-9-20-10-8-16/h3-10,17H,1-2,11-13H2. The number of halogens is 1. The van der Waals surface area contributed by atoms with Gasteiger partial charge in [-0.2, -0.15) is 0 Å². The van der Waals surface area contributed by atoms with Crippen LogP contribution in [0.15, 0.2) is 48.8 Å². The van der Waals surface area contributed by atoms with E-state index in [4.69, 9.17) is 4.74 Å². The van der Waals surface area contributed by atoms with E-state index in [-0.39, 0.29) is 17.8 Å². The lowest BCUT2D eigenvalue weighted by Crippen LogP contribution is -2.45. The van der Waals surface area contributed by atoms with E-state index >= 15 is 0 Å². The zero-order valence-corrected chi connectivity index (χ0v) is 12.8. The molecule has 0 radical (unpaired) electrons. The zero-order chi connectivity index (χ0) is 16.1. The van der Waals surface area contributed by atoms with Gasteiger partial charge in [0.1, 0.15) is 17.7 Å². The smallest absolute Gasteiger partial charge is 0.227 e. The summed E-state index contributed by atoms with van der Waals surface area (Å²) in [6, 6.07) is 9.71. The fraction of sp³-hybridized carbons (Fsp3) is 0.333. The number of benzene rings is 1. The average Bonchev–Trinajstić information content (AvgIpc) is 2.58. The van der Waals surface area contributed by atoms with Gasteiger partial charge in [0.15, 0.2) is 0 Å². The lowest BCUT2D eigenvalue weighted by molar-refractivity contribution is -0.133. The molecule has 1 aromatic heterocycles. The first-order valence-electron chi connectivity index (χ1n) is 7.79. The third kappa shape index (κ3) is 4.28. The summed E-state index contributed by atoms with van der Waals surface area (Å²) in [5.41, 5.74) is 0.827. The molecule has 5 heteroatoms. The van der Waals surface area contributed by atoms with Crippen molar-refractivity contribution in [1.82, 2.24) is 9.88 Å². The molecule has 0 N–H and O–H groups in total. The van der Waals surface area contributed by atoms with Gasteiger partial charge in [0.05, 0.1) is 13.0 Å². The Labute approximate surface area is 134 Å². The summed E-state index contributed by atoms with van der Waals surface area (Å²) in [6.45, 7) is 1.33. The lowest BCUT2D eigenvalue weighted by Gasteiger charge is -2.33. The van der Waals surface area contributed by atoms with Crippen LogP contribution in [0.4, 0.5) is 4.39 Å². The molecule has 0 saturated carbocycles. The van der Waals surface area contributed by atoms with E-state index in [1.807, 2.05) is 17.0 Å². The van der Waals surface area contributed by atoms with E-state index in [1.54, 1.807) is 24.5 Å². The van der Waals surface area contributed by atoms with Gasteiger partial charge < -0.3 is 9.64 Å². The topological polar surface area (TPSA) is 42.4 Å². The molecular formula is C18H19FN2O2. The molecule has 0 bridgehead atoms. The predicted octanol–water partition coefficient (Wildman–Crippen LogP) is 2.83. The van der Waals surface area contributed by atoms with E-state index in [9.17, 15) is 9.18 Å². The normalized spacial score (nSPS) is 17.8. The van der Waals surface area contributed by atoms with Crippen LogP contribution in [0.3, 0.4) is 0 Å². The van der Waals surface area contributed by atoms with Crippen molar-refractivity contribution in [3.63, 3.8) is 0 Å². The number of carbonyl (C=O) groups is 1. The molecule has 1 fully saturated rings. The largest absolute Gasteiger partial charge is 0.488 e. The molecule has 1 aliphatic rings. The molecule has 2 aromatic rings. The number of aromatic nitrogens is 1. The molecular weight excluding hydrogens is 295 g/mol. The van der Waals surface area contributed by atoms with Gasteiger partial charge in [-0.1, -0.05) is 12.1 Å². The maximum absolute atomic E-state index is 12.9. The van der Waals surface area contributed by atoms with Gasteiger partial charge in [-0.15, -0.1) is 0 Å². The van der Waals surface area contributed by atoms with Crippen LogP contribution < -0.4 is 4.74 Å². The quantitative estimate of drug-likeness (QED) is 0.871. The van der Waals surface area contributed by atoms with Crippen LogP contribution in [0.2, 0.25) is 0 Å². The van der Waals surface area contributed by atoms with Crippen LogP contribution >= 0.6 is 0 Å². The Bertz CT molecular complexity index is 646. The Hall–Kier alpha value is -2.43. The van der Waals surface area contributed by atoms with Crippen molar-refractivity contribution >= 4 is 5.91 Å². The molecule has 1 aromatic carbocycles. The van der Waals surface area contributed by atoms with Crippen molar-refractivity contribution in [3.05, 3.63) is 60.2 Å². The molecule has 1 aliphatic heterocycles. The molecule has 1 amide bonds. The number of ether oxygens (including phenoxy) is 1. The summed E-state index contributed by atoms with van der Waals surface area (Å²) >= 11 is 0. The third-order valence-electron chi connectivity index (χ3n) is 3.95. The number of hydrogen-bond donors (Lipinski definition) is 0. The van der Waals surface area contributed by atoms with Crippen molar-refractivity contribution in [2.24, 2.45) is 0 Å². The van der Waals surface area contributed by atoms with Gasteiger partial charge in [0.25, 0.3) is 0 Å². The maximum Gasteiger partial charge on any atom is 0.227 e. The molecule has 0 spiro atoms. The first kappa shape index (κ1) is 15.5. The second kappa shape index (κ2) is 7.22. The van der Waals surface area contributed by atoms with Gasteiger partial charge in [0.2, 0.25) is 5.91 Å². The van der Waals surface area contributed by atoms with Crippen LogP contribution in [0.25, 0.3) is 0 Å². The summed E-state index contributed by atoms with van der Waals surface area (Å²) in [5, 5.41) is 0. The minimum atomic E-state index is -0.287. The fourth-order valence-corrected chi connectivity index (χ4v) is 2.76. The highest BCUT2D eigenvalue weighted by molar-refractivity contribution is 5.78. The third-order valence-corrected chi connectivity index (χ3v) is 3.95. The Morgan fingerprint density at radius 2 is 1.96 bits per heavy atom. The first-order valence-corrected chi connectivity index (χ1v) is 7.79. The summed E-state index contributed by atoms with van der Waals surface area (Å²) in [4.78, 5) is 18.2. The van der Waals surface area contributed by atoms with Crippen molar-refractivity contribution < 1.29 is 13.9 Å². The van der Waals surface area contributed by atoms with Crippen molar-refractivity contribution in [1.29, 1.82) is 0 Å². The van der Waals surface area contributed by atoms with E-state index in [1.165, 1.54) is 12.1 Å². The number of hydrogen-bond acceptors (Lipinski definition) is 3. The van der Waals surface area contributed by atoms with Gasteiger partial charge in [-0.05, 0) is 42.7 Å². The molecule has 3 rings (SSSR count). The highest BCUT2D eigenvalue weighted by atomic mass is 19.1. The molecule has 120 valence electrons.